The maximum absolute atomic E-state index is 10.8. The quantitative estimate of drug-likeness (QED) is 0.397. The van der Waals surface area contributed by atoms with Gasteiger partial charge in [-0.2, -0.15) is 10.2 Å². The number of nitrogens with one attached hydrogen (secondary N) is 1. The number of primary amides is 1. The third-order valence-electron chi connectivity index (χ3n) is 3.58. The number of hydrogen-bond acceptors (Lipinski definition) is 4. The van der Waals surface area contributed by atoms with Gasteiger partial charge in [-0.25, -0.2) is 14.9 Å². The monoisotopic (exact) mass is 365 g/mol. The van der Waals surface area contributed by atoms with E-state index in [4.69, 9.17) is 10.8 Å². The van der Waals surface area contributed by atoms with Gasteiger partial charge in [0.1, 0.15) is 5.69 Å². The lowest BCUT2D eigenvalue weighted by Gasteiger charge is -2.02. The smallest absolute Gasteiger partial charge is 0.332 e. The summed E-state index contributed by atoms with van der Waals surface area (Å²) in [6.45, 7) is 2.13. The fraction of sp³-hybridized carbons (Fsp3) is 0.105. The van der Waals surface area contributed by atoms with Crippen molar-refractivity contribution in [3.63, 3.8) is 0 Å². The van der Waals surface area contributed by atoms with Crippen LogP contribution in [0, 0.1) is 0 Å². The van der Waals surface area contributed by atoms with Crippen LogP contribution < -0.4 is 11.2 Å². The zero-order valence-electron chi connectivity index (χ0n) is 14.3. The Kier molecular flexibility index (Phi) is 5.70. The Morgan fingerprint density at radius 3 is 2.62 bits per heavy atom. The second-order valence-electron chi connectivity index (χ2n) is 5.40. The molecule has 0 saturated heterocycles. The van der Waals surface area contributed by atoms with Crippen molar-refractivity contribution in [1.82, 2.24) is 15.2 Å². The molecular formula is C19H19N5OS. The van der Waals surface area contributed by atoms with Crippen molar-refractivity contribution < 1.29 is 4.79 Å². The molecule has 0 aliphatic heterocycles. The summed E-state index contributed by atoms with van der Waals surface area (Å²) in [5.74, 6) is 1.03. The van der Waals surface area contributed by atoms with E-state index in [-0.39, 0.29) is 0 Å². The Morgan fingerprint density at radius 1 is 1.23 bits per heavy atom. The van der Waals surface area contributed by atoms with E-state index in [0.717, 1.165) is 28.3 Å². The number of hydrogen-bond donors (Lipinski definition) is 2. The van der Waals surface area contributed by atoms with Crippen LogP contribution in [0.5, 0.6) is 0 Å². The number of aromatic nitrogens is 2. The number of rotatable bonds is 6. The Morgan fingerprint density at radius 2 is 1.96 bits per heavy atom. The van der Waals surface area contributed by atoms with Crippen LogP contribution in [0.4, 0.5) is 4.79 Å². The molecule has 3 rings (SSSR count). The molecule has 0 bridgehead atoms. The number of carbonyl (C=O) groups is 1. The summed E-state index contributed by atoms with van der Waals surface area (Å²) in [6, 6.07) is 17.3. The summed E-state index contributed by atoms with van der Waals surface area (Å²) in [5, 5.41) is 8.57. The molecule has 0 unspecified atom stereocenters. The van der Waals surface area contributed by atoms with E-state index in [1.54, 1.807) is 22.7 Å². The fourth-order valence-corrected chi connectivity index (χ4v) is 3.12. The van der Waals surface area contributed by atoms with E-state index in [9.17, 15) is 4.79 Å². The van der Waals surface area contributed by atoms with E-state index in [1.165, 1.54) is 4.90 Å². The highest BCUT2D eigenvalue weighted by molar-refractivity contribution is 7.99. The molecule has 6 nitrogen and oxygen atoms in total. The van der Waals surface area contributed by atoms with Crippen LogP contribution in [0.25, 0.3) is 16.9 Å². The number of hydrazone groups is 1. The number of nitrogens with zero attached hydrogens (tertiary/aromatic N) is 3. The molecule has 0 aliphatic carbocycles. The van der Waals surface area contributed by atoms with Gasteiger partial charge in [-0.05, 0) is 30.0 Å². The van der Waals surface area contributed by atoms with Gasteiger partial charge in [0.2, 0.25) is 0 Å². The predicted molar refractivity (Wildman–Crippen MR) is 106 cm³/mol. The van der Waals surface area contributed by atoms with E-state index in [2.05, 4.69) is 29.6 Å². The molecule has 26 heavy (non-hydrogen) atoms. The van der Waals surface area contributed by atoms with Gasteiger partial charge in [-0.15, -0.1) is 11.8 Å². The first-order valence-corrected chi connectivity index (χ1v) is 9.12. The number of urea groups is 1. The molecule has 0 atom stereocenters. The number of thioether (sulfide) groups is 1. The Bertz CT molecular complexity index is 903. The van der Waals surface area contributed by atoms with Crippen molar-refractivity contribution in [3.05, 3.63) is 66.4 Å². The third-order valence-corrected chi connectivity index (χ3v) is 4.47. The van der Waals surface area contributed by atoms with Crippen molar-refractivity contribution in [3.8, 4) is 16.9 Å². The SMILES string of the molecule is CCSc1ccc(-c2nn(-c3ccccc3)cc2/C=N\NC(N)=O)cc1. The Labute approximate surface area is 156 Å². The third kappa shape index (κ3) is 4.31. The van der Waals surface area contributed by atoms with Crippen molar-refractivity contribution >= 4 is 24.0 Å². The zero-order chi connectivity index (χ0) is 18.4. The summed E-state index contributed by atoms with van der Waals surface area (Å²) in [4.78, 5) is 12.1. The van der Waals surface area contributed by atoms with Crippen LogP contribution in [-0.4, -0.2) is 27.8 Å². The lowest BCUT2D eigenvalue weighted by atomic mass is 10.1. The molecule has 0 saturated carbocycles. The first-order valence-electron chi connectivity index (χ1n) is 8.14. The van der Waals surface area contributed by atoms with Gasteiger partial charge in [0, 0.05) is 22.2 Å². The average molecular weight is 365 g/mol. The molecule has 0 aliphatic rings. The van der Waals surface area contributed by atoms with Gasteiger partial charge in [0.05, 0.1) is 11.9 Å². The largest absolute Gasteiger partial charge is 0.350 e. The van der Waals surface area contributed by atoms with Crippen molar-refractivity contribution in [2.24, 2.45) is 10.8 Å². The van der Waals surface area contributed by atoms with E-state index in [1.807, 2.05) is 48.7 Å². The van der Waals surface area contributed by atoms with Crippen molar-refractivity contribution in [1.29, 1.82) is 0 Å². The number of nitrogens with two attached hydrogens (primary N) is 1. The van der Waals surface area contributed by atoms with Gasteiger partial charge in [-0.1, -0.05) is 37.3 Å². The fourth-order valence-electron chi connectivity index (χ4n) is 2.46. The average Bonchev–Trinajstić information content (AvgIpc) is 3.07. The predicted octanol–water partition coefficient (Wildman–Crippen LogP) is 3.65. The number of carbonyl (C=O) groups excluding carboxylic acids is 1. The van der Waals surface area contributed by atoms with Crippen LogP contribution in [0.2, 0.25) is 0 Å². The molecule has 3 aromatic rings. The topological polar surface area (TPSA) is 85.3 Å². The number of para-hydroxylation sites is 1. The molecule has 7 heteroatoms. The lowest BCUT2D eigenvalue weighted by molar-refractivity contribution is 0.249. The number of benzene rings is 2. The second kappa shape index (κ2) is 8.35. The van der Waals surface area contributed by atoms with Crippen LogP contribution in [0.1, 0.15) is 12.5 Å². The molecule has 2 amide bonds. The van der Waals surface area contributed by atoms with E-state index < -0.39 is 6.03 Å². The maximum Gasteiger partial charge on any atom is 0.332 e. The van der Waals surface area contributed by atoms with Gasteiger partial charge in [0.25, 0.3) is 0 Å². The van der Waals surface area contributed by atoms with Gasteiger partial charge in [-0.3, -0.25) is 0 Å². The van der Waals surface area contributed by atoms with Gasteiger partial charge >= 0.3 is 6.03 Å². The minimum absolute atomic E-state index is 0.709. The van der Waals surface area contributed by atoms with Crippen molar-refractivity contribution in [2.45, 2.75) is 11.8 Å². The molecule has 3 N–H and O–H groups in total. The molecule has 0 fully saturated rings. The first-order chi connectivity index (χ1) is 12.7. The lowest BCUT2D eigenvalue weighted by Crippen LogP contribution is -2.24. The normalized spacial score (nSPS) is 11.0. The highest BCUT2D eigenvalue weighted by Gasteiger charge is 2.11. The standard InChI is InChI=1S/C19H19N5OS/c1-2-26-17-10-8-14(9-11-17)18-15(12-21-22-19(20)25)13-24(23-18)16-6-4-3-5-7-16/h3-13H,2H2,1H3,(H3,20,22,25)/b21-12-. The first kappa shape index (κ1) is 17.8. The summed E-state index contributed by atoms with van der Waals surface area (Å²) < 4.78 is 1.79. The van der Waals surface area contributed by atoms with Crippen LogP contribution in [-0.2, 0) is 0 Å². The Balaban J connectivity index is 1.99. The maximum atomic E-state index is 10.8. The summed E-state index contributed by atoms with van der Waals surface area (Å²) in [7, 11) is 0. The van der Waals surface area contributed by atoms with E-state index >= 15 is 0 Å². The summed E-state index contributed by atoms with van der Waals surface area (Å²) >= 11 is 1.79. The number of amides is 2. The molecule has 0 spiro atoms. The molecule has 1 aromatic heterocycles. The highest BCUT2D eigenvalue weighted by atomic mass is 32.2. The van der Waals surface area contributed by atoms with Crippen LogP contribution in [0.15, 0.2) is 70.8 Å². The van der Waals surface area contributed by atoms with Crippen LogP contribution >= 0.6 is 11.8 Å². The summed E-state index contributed by atoms with van der Waals surface area (Å²) in [5.41, 5.74) is 10.7. The minimum Gasteiger partial charge on any atom is -0.350 e. The van der Waals surface area contributed by atoms with Gasteiger partial charge < -0.3 is 5.73 Å². The second-order valence-corrected chi connectivity index (χ2v) is 6.74. The molecular weight excluding hydrogens is 346 g/mol. The molecule has 2 aromatic carbocycles. The molecule has 0 radical (unpaired) electrons. The molecule has 132 valence electrons. The van der Waals surface area contributed by atoms with E-state index in [0.29, 0.717) is 0 Å². The Hall–Kier alpha value is -3.06. The molecule has 1 heterocycles. The minimum atomic E-state index is -0.709. The van der Waals surface area contributed by atoms with Gasteiger partial charge in [0.15, 0.2) is 0 Å². The van der Waals surface area contributed by atoms with Crippen molar-refractivity contribution in [2.75, 3.05) is 5.75 Å². The van der Waals surface area contributed by atoms with Crippen LogP contribution in [0.3, 0.4) is 0 Å². The zero-order valence-corrected chi connectivity index (χ0v) is 15.1. The highest BCUT2D eigenvalue weighted by Crippen LogP contribution is 2.26. The summed E-state index contributed by atoms with van der Waals surface area (Å²) in [6.07, 6.45) is 3.41.